The van der Waals surface area contributed by atoms with E-state index < -0.39 is 0 Å². The van der Waals surface area contributed by atoms with E-state index in [4.69, 9.17) is 4.74 Å². The number of ether oxygens (including phenoxy) is 1. The summed E-state index contributed by atoms with van der Waals surface area (Å²) in [7, 11) is 0. The van der Waals surface area contributed by atoms with Crippen LogP contribution in [0, 0.1) is 0 Å². The molecule has 1 aromatic heterocycles. The highest BCUT2D eigenvalue weighted by atomic mass is 16.5. The lowest BCUT2D eigenvalue weighted by Crippen LogP contribution is -2.21. The molecule has 1 rings (SSSR count). The van der Waals surface area contributed by atoms with Gasteiger partial charge >= 0.3 is 0 Å². The predicted molar refractivity (Wildman–Crippen MR) is 45.0 cm³/mol. The average Bonchev–Trinajstić information content (AvgIpc) is 2.09. The molecule has 0 aliphatic carbocycles. The minimum absolute atomic E-state index is 0.0373. The summed E-state index contributed by atoms with van der Waals surface area (Å²) in [5.41, 5.74) is -0.0373. The van der Waals surface area contributed by atoms with Gasteiger partial charge in [0, 0.05) is 18.9 Å². The molecule has 0 N–H and O–H groups in total. The topological polar surface area (TPSA) is 44.1 Å². The van der Waals surface area contributed by atoms with Gasteiger partial charge in [0.05, 0.1) is 19.5 Å². The first-order valence-electron chi connectivity index (χ1n) is 3.93. The molecule has 0 fully saturated rings. The molecule has 66 valence electrons. The van der Waals surface area contributed by atoms with E-state index in [-0.39, 0.29) is 5.56 Å². The summed E-state index contributed by atoms with van der Waals surface area (Å²) in [6.07, 6.45) is 3.00. The zero-order valence-electron chi connectivity index (χ0n) is 7.06. The van der Waals surface area contributed by atoms with Crippen LogP contribution in [0.3, 0.4) is 0 Å². The van der Waals surface area contributed by atoms with Crippen LogP contribution in [0.4, 0.5) is 0 Å². The Bertz CT molecular complexity index is 282. The molecule has 0 radical (unpaired) electrons. The maximum Gasteiger partial charge on any atom is 0.253 e. The Kier molecular flexibility index (Phi) is 3.47. The van der Waals surface area contributed by atoms with Crippen molar-refractivity contribution in [3.8, 4) is 0 Å². The molecule has 0 aromatic carbocycles. The van der Waals surface area contributed by atoms with Gasteiger partial charge in [-0.25, -0.2) is 4.98 Å². The van der Waals surface area contributed by atoms with Gasteiger partial charge in [-0.2, -0.15) is 0 Å². The number of hydrogen-bond acceptors (Lipinski definition) is 3. The second kappa shape index (κ2) is 4.66. The second-order valence-electron chi connectivity index (χ2n) is 2.31. The monoisotopic (exact) mass is 168 g/mol. The fraction of sp³-hybridized carbons (Fsp3) is 0.500. The van der Waals surface area contributed by atoms with Gasteiger partial charge in [0.25, 0.3) is 5.56 Å². The van der Waals surface area contributed by atoms with Crippen molar-refractivity contribution in [1.29, 1.82) is 0 Å². The molecule has 0 atom stereocenters. The third-order valence-electron chi connectivity index (χ3n) is 1.47. The van der Waals surface area contributed by atoms with Gasteiger partial charge in [-0.1, -0.05) is 0 Å². The van der Waals surface area contributed by atoms with Crippen LogP contribution in [-0.2, 0) is 11.3 Å². The van der Waals surface area contributed by atoms with Crippen LogP contribution in [0.1, 0.15) is 6.92 Å². The van der Waals surface area contributed by atoms with Crippen molar-refractivity contribution >= 4 is 0 Å². The SMILES string of the molecule is CCOCCn1cnccc1=O. The van der Waals surface area contributed by atoms with E-state index in [1.54, 1.807) is 0 Å². The lowest BCUT2D eigenvalue weighted by Gasteiger charge is -2.03. The van der Waals surface area contributed by atoms with Crippen LogP contribution in [0.15, 0.2) is 23.4 Å². The standard InChI is InChI=1S/C8H12N2O2/c1-2-12-6-5-10-7-9-4-3-8(10)11/h3-4,7H,2,5-6H2,1H3. The summed E-state index contributed by atoms with van der Waals surface area (Å²) in [5, 5.41) is 0. The quantitative estimate of drug-likeness (QED) is 0.606. The largest absolute Gasteiger partial charge is 0.380 e. The molecule has 1 heterocycles. The summed E-state index contributed by atoms with van der Waals surface area (Å²) in [6, 6.07) is 1.44. The summed E-state index contributed by atoms with van der Waals surface area (Å²) in [5.74, 6) is 0. The molecule has 1 aromatic rings. The van der Waals surface area contributed by atoms with Gasteiger partial charge in [-0.3, -0.25) is 9.36 Å². The highest BCUT2D eigenvalue weighted by Crippen LogP contribution is 1.80. The lowest BCUT2D eigenvalue weighted by atomic mass is 10.6. The highest BCUT2D eigenvalue weighted by Gasteiger charge is 1.92. The molecular weight excluding hydrogens is 156 g/mol. The zero-order valence-corrected chi connectivity index (χ0v) is 7.06. The Hall–Kier alpha value is -1.16. The molecule has 12 heavy (non-hydrogen) atoms. The Morgan fingerprint density at radius 2 is 2.50 bits per heavy atom. The van der Waals surface area contributed by atoms with Crippen molar-refractivity contribution in [2.45, 2.75) is 13.5 Å². The summed E-state index contributed by atoms with van der Waals surface area (Å²) >= 11 is 0. The number of hydrogen-bond donors (Lipinski definition) is 0. The van der Waals surface area contributed by atoms with Gasteiger partial charge in [0.15, 0.2) is 0 Å². The van der Waals surface area contributed by atoms with Crippen molar-refractivity contribution in [3.05, 3.63) is 28.9 Å². The molecule has 0 amide bonds. The van der Waals surface area contributed by atoms with Gasteiger partial charge in [0.1, 0.15) is 0 Å². The Morgan fingerprint density at radius 3 is 3.17 bits per heavy atom. The van der Waals surface area contributed by atoms with E-state index in [0.717, 1.165) is 0 Å². The van der Waals surface area contributed by atoms with Gasteiger partial charge in [-0.05, 0) is 6.92 Å². The maximum absolute atomic E-state index is 11.1. The number of rotatable bonds is 4. The van der Waals surface area contributed by atoms with Crippen LogP contribution in [0.5, 0.6) is 0 Å². The van der Waals surface area contributed by atoms with Crippen molar-refractivity contribution in [2.75, 3.05) is 13.2 Å². The fourth-order valence-corrected chi connectivity index (χ4v) is 0.854. The third kappa shape index (κ3) is 2.47. The van der Waals surface area contributed by atoms with Gasteiger partial charge in [0.2, 0.25) is 0 Å². The van der Waals surface area contributed by atoms with E-state index in [9.17, 15) is 4.79 Å². The smallest absolute Gasteiger partial charge is 0.253 e. The zero-order chi connectivity index (χ0) is 8.81. The first kappa shape index (κ1) is 8.93. The Morgan fingerprint density at radius 1 is 1.67 bits per heavy atom. The molecule has 0 saturated carbocycles. The van der Waals surface area contributed by atoms with E-state index in [1.807, 2.05) is 6.92 Å². The van der Waals surface area contributed by atoms with Crippen LogP contribution >= 0.6 is 0 Å². The number of aromatic nitrogens is 2. The fourth-order valence-electron chi connectivity index (χ4n) is 0.854. The highest BCUT2D eigenvalue weighted by molar-refractivity contribution is 4.81. The molecule has 0 aliphatic heterocycles. The Labute approximate surface area is 70.8 Å². The van der Waals surface area contributed by atoms with E-state index in [0.29, 0.717) is 19.8 Å². The van der Waals surface area contributed by atoms with Crippen LogP contribution in [-0.4, -0.2) is 22.8 Å². The van der Waals surface area contributed by atoms with E-state index in [1.165, 1.54) is 23.2 Å². The Balaban J connectivity index is 2.52. The molecule has 0 bridgehead atoms. The molecule has 0 spiro atoms. The van der Waals surface area contributed by atoms with Crippen molar-refractivity contribution in [3.63, 3.8) is 0 Å². The van der Waals surface area contributed by atoms with Gasteiger partial charge in [-0.15, -0.1) is 0 Å². The van der Waals surface area contributed by atoms with Crippen molar-refractivity contribution in [1.82, 2.24) is 9.55 Å². The first-order chi connectivity index (χ1) is 5.84. The van der Waals surface area contributed by atoms with Crippen LogP contribution < -0.4 is 5.56 Å². The minimum atomic E-state index is -0.0373. The first-order valence-corrected chi connectivity index (χ1v) is 3.93. The predicted octanol–water partition coefficient (Wildman–Crippen LogP) is 0.280. The molecule has 4 nitrogen and oxygen atoms in total. The van der Waals surface area contributed by atoms with Gasteiger partial charge < -0.3 is 4.74 Å². The second-order valence-corrected chi connectivity index (χ2v) is 2.31. The van der Waals surface area contributed by atoms with E-state index in [2.05, 4.69) is 4.98 Å². The summed E-state index contributed by atoms with van der Waals surface area (Å²) < 4.78 is 6.63. The molecule has 0 aliphatic rings. The normalized spacial score (nSPS) is 10.1. The van der Waals surface area contributed by atoms with Crippen LogP contribution in [0.2, 0.25) is 0 Å². The van der Waals surface area contributed by atoms with Crippen molar-refractivity contribution < 1.29 is 4.74 Å². The molecular formula is C8H12N2O2. The number of nitrogens with zero attached hydrogens (tertiary/aromatic N) is 2. The molecule has 0 unspecified atom stereocenters. The average molecular weight is 168 g/mol. The molecule has 0 saturated heterocycles. The minimum Gasteiger partial charge on any atom is -0.380 e. The lowest BCUT2D eigenvalue weighted by molar-refractivity contribution is 0.138. The van der Waals surface area contributed by atoms with Crippen molar-refractivity contribution in [2.24, 2.45) is 0 Å². The maximum atomic E-state index is 11.1. The third-order valence-corrected chi connectivity index (χ3v) is 1.47. The van der Waals surface area contributed by atoms with Crippen LogP contribution in [0.25, 0.3) is 0 Å². The summed E-state index contributed by atoms with van der Waals surface area (Å²) in [4.78, 5) is 14.9. The van der Waals surface area contributed by atoms with E-state index >= 15 is 0 Å². The molecule has 4 heteroatoms. The summed E-state index contributed by atoms with van der Waals surface area (Å²) in [6.45, 7) is 3.73.